The third-order valence-electron chi connectivity index (χ3n) is 3.97. The largest absolute Gasteiger partial charge is 0.493 e. The fraction of sp³-hybridized carbons (Fsp3) is 0.300. The molecule has 1 amide bonds. The molecule has 144 valence electrons. The van der Waals surface area contributed by atoms with E-state index in [9.17, 15) is 9.59 Å². The molecule has 0 spiro atoms. The van der Waals surface area contributed by atoms with E-state index in [1.54, 1.807) is 0 Å². The maximum atomic E-state index is 12.4. The minimum atomic E-state index is -0.996. The van der Waals surface area contributed by atoms with Crippen LogP contribution in [0.4, 0.5) is 5.69 Å². The molecule has 0 heterocycles. The molecule has 0 unspecified atom stereocenters. The monoisotopic (exact) mass is 391 g/mol. The zero-order valence-corrected chi connectivity index (χ0v) is 16.6. The topological polar surface area (TPSA) is 73.9 Å². The first-order chi connectivity index (χ1) is 12.8. The summed E-state index contributed by atoms with van der Waals surface area (Å²) in [6.45, 7) is 5.32. The van der Waals surface area contributed by atoms with Crippen LogP contribution in [0.25, 0.3) is 0 Å². The molecule has 2 aromatic rings. The summed E-state index contributed by atoms with van der Waals surface area (Å²) in [7, 11) is 2.88. The van der Waals surface area contributed by atoms with E-state index in [2.05, 4.69) is 5.32 Å². The molecule has 0 aliphatic rings. The van der Waals surface area contributed by atoms with Crippen LogP contribution in [-0.2, 0) is 9.53 Å². The van der Waals surface area contributed by atoms with Crippen molar-refractivity contribution in [2.75, 3.05) is 19.5 Å². The lowest BCUT2D eigenvalue weighted by Crippen LogP contribution is -2.30. The van der Waals surface area contributed by atoms with Gasteiger partial charge in [-0.15, -0.1) is 0 Å². The van der Waals surface area contributed by atoms with Gasteiger partial charge in [0.05, 0.1) is 24.8 Å². The number of amides is 1. The molecule has 27 heavy (non-hydrogen) atoms. The fourth-order valence-corrected chi connectivity index (χ4v) is 2.71. The Morgan fingerprint density at radius 1 is 1.07 bits per heavy atom. The van der Waals surface area contributed by atoms with Gasteiger partial charge in [0.1, 0.15) is 0 Å². The molecule has 1 N–H and O–H groups in total. The number of nitrogens with one attached hydrogen (secondary N) is 1. The summed E-state index contributed by atoms with van der Waals surface area (Å²) in [4.78, 5) is 24.8. The van der Waals surface area contributed by atoms with Crippen LogP contribution >= 0.6 is 11.6 Å². The van der Waals surface area contributed by atoms with Gasteiger partial charge in [-0.1, -0.05) is 23.7 Å². The molecule has 0 aliphatic carbocycles. The van der Waals surface area contributed by atoms with Gasteiger partial charge >= 0.3 is 5.97 Å². The van der Waals surface area contributed by atoms with Crippen LogP contribution in [0, 0.1) is 13.8 Å². The minimum absolute atomic E-state index is 0.157. The maximum Gasteiger partial charge on any atom is 0.339 e. The Kier molecular flexibility index (Phi) is 6.69. The molecule has 0 saturated heterocycles. The van der Waals surface area contributed by atoms with Crippen molar-refractivity contribution in [1.82, 2.24) is 0 Å². The molecule has 0 aromatic heterocycles. The first-order valence-corrected chi connectivity index (χ1v) is 8.65. The predicted octanol–water partition coefficient (Wildman–Crippen LogP) is 4.16. The first-order valence-electron chi connectivity index (χ1n) is 8.27. The lowest BCUT2D eigenvalue weighted by Gasteiger charge is -2.16. The van der Waals surface area contributed by atoms with Crippen LogP contribution in [0.5, 0.6) is 11.5 Å². The number of hydrogen-bond donors (Lipinski definition) is 1. The van der Waals surface area contributed by atoms with Crippen LogP contribution in [0.15, 0.2) is 30.3 Å². The molecule has 0 fully saturated rings. The lowest BCUT2D eigenvalue weighted by atomic mass is 10.1. The van der Waals surface area contributed by atoms with Gasteiger partial charge in [0.25, 0.3) is 5.91 Å². The molecule has 7 heteroatoms. The highest BCUT2D eigenvalue weighted by Gasteiger charge is 2.22. The third kappa shape index (κ3) is 4.92. The second-order valence-corrected chi connectivity index (χ2v) is 6.46. The Labute approximate surface area is 163 Å². The summed E-state index contributed by atoms with van der Waals surface area (Å²) >= 11 is 6.10. The average molecular weight is 392 g/mol. The Bertz CT molecular complexity index is 866. The Balaban J connectivity index is 2.12. The van der Waals surface area contributed by atoms with E-state index in [0.29, 0.717) is 17.2 Å². The van der Waals surface area contributed by atoms with Gasteiger partial charge in [0.2, 0.25) is 0 Å². The molecule has 2 rings (SSSR count). The van der Waals surface area contributed by atoms with Crippen molar-refractivity contribution in [2.45, 2.75) is 26.9 Å². The van der Waals surface area contributed by atoms with Crippen molar-refractivity contribution in [3.63, 3.8) is 0 Å². The number of anilines is 1. The van der Waals surface area contributed by atoms with Crippen LogP contribution in [0.2, 0.25) is 5.02 Å². The van der Waals surface area contributed by atoms with Gasteiger partial charge in [-0.3, -0.25) is 4.79 Å². The van der Waals surface area contributed by atoms with Gasteiger partial charge in [0, 0.05) is 5.69 Å². The number of ether oxygens (including phenoxy) is 3. The summed E-state index contributed by atoms with van der Waals surface area (Å²) in [5.74, 6) is -0.508. The molecular formula is C20H22ClNO5. The SMILES string of the molecule is COc1cc(C(=O)O[C@H](C)C(=O)Nc2cc(C)ccc2C)cc(Cl)c1OC. The van der Waals surface area contributed by atoms with Gasteiger partial charge in [-0.25, -0.2) is 4.79 Å². The summed E-state index contributed by atoms with van der Waals surface area (Å²) in [5, 5.41) is 2.98. The second kappa shape index (κ2) is 8.77. The van der Waals surface area contributed by atoms with E-state index < -0.39 is 18.0 Å². The first kappa shape index (κ1) is 20.6. The highest BCUT2D eigenvalue weighted by Crippen LogP contribution is 2.36. The Morgan fingerprint density at radius 3 is 2.41 bits per heavy atom. The number of benzene rings is 2. The molecule has 0 saturated carbocycles. The molecule has 1 atom stereocenters. The zero-order valence-electron chi connectivity index (χ0n) is 15.9. The summed E-state index contributed by atoms with van der Waals surface area (Å²) in [6.07, 6.45) is -0.996. The van der Waals surface area contributed by atoms with E-state index in [-0.39, 0.29) is 10.6 Å². The molecule has 0 radical (unpaired) electrons. The molecule has 0 bridgehead atoms. The molecule has 2 aromatic carbocycles. The number of carbonyl (C=O) groups is 2. The van der Waals surface area contributed by atoms with Crippen molar-refractivity contribution in [1.29, 1.82) is 0 Å². The highest BCUT2D eigenvalue weighted by molar-refractivity contribution is 6.32. The minimum Gasteiger partial charge on any atom is -0.493 e. The van der Waals surface area contributed by atoms with E-state index in [4.69, 9.17) is 25.8 Å². The van der Waals surface area contributed by atoms with Crippen molar-refractivity contribution in [3.8, 4) is 11.5 Å². The number of hydrogen-bond acceptors (Lipinski definition) is 5. The van der Waals surface area contributed by atoms with E-state index >= 15 is 0 Å². The standard InChI is InChI=1S/C20H22ClNO5/c1-11-6-7-12(2)16(8-11)22-19(23)13(3)27-20(24)14-9-15(21)18(26-5)17(10-14)25-4/h6-10,13H,1-5H3,(H,22,23)/t13-/m1/s1. The van der Waals surface area contributed by atoms with E-state index in [0.717, 1.165) is 11.1 Å². The Hall–Kier alpha value is -2.73. The molecule has 6 nitrogen and oxygen atoms in total. The van der Waals surface area contributed by atoms with E-state index in [1.165, 1.54) is 33.3 Å². The maximum absolute atomic E-state index is 12.4. The second-order valence-electron chi connectivity index (χ2n) is 6.05. The Morgan fingerprint density at radius 2 is 1.78 bits per heavy atom. The quantitative estimate of drug-likeness (QED) is 0.748. The number of aryl methyl sites for hydroxylation is 2. The summed E-state index contributed by atoms with van der Waals surface area (Å²) < 4.78 is 15.6. The van der Waals surface area contributed by atoms with Crippen molar-refractivity contribution in [2.24, 2.45) is 0 Å². The van der Waals surface area contributed by atoms with E-state index in [1.807, 2.05) is 32.0 Å². The average Bonchev–Trinajstić information content (AvgIpc) is 2.63. The number of carbonyl (C=O) groups excluding carboxylic acids is 2. The normalized spacial score (nSPS) is 11.5. The summed E-state index contributed by atoms with van der Waals surface area (Å²) in [6, 6.07) is 8.57. The molecule has 0 aliphatic heterocycles. The number of halogens is 1. The van der Waals surface area contributed by atoms with Gasteiger partial charge in [-0.05, 0) is 50.1 Å². The van der Waals surface area contributed by atoms with Gasteiger partial charge in [0.15, 0.2) is 17.6 Å². The third-order valence-corrected chi connectivity index (χ3v) is 4.25. The number of rotatable bonds is 6. The van der Waals surface area contributed by atoms with Gasteiger partial charge in [-0.2, -0.15) is 0 Å². The van der Waals surface area contributed by atoms with Crippen molar-refractivity contribution in [3.05, 3.63) is 52.0 Å². The highest BCUT2D eigenvalue weighted by atomic mass is 35.5. The van der Waals surface area contributed by atoms with Crippen molar-refractivity contribution < 1.29 is 23.8 Å². The smallest absolute Gasteiger partial charge is 0.339 e. The van der Waals surface area contributed by atoms with Crippen LogP contribution < -0.4 is 14.8 Å². The predicted molar refractivity (Wildman–Crippen MR) is 104 cm³/mol. The van der Waals surface area contributed by atoms with Crippen LogP contribution in [0.3, 0.4) is 0 Å². The van der Waals surface area contributed by atoms with Gasteiger partial charge < -0.3 is 19.5 Å². The van der Waals surface area contributed by atoms with Crippen LogP contribution in [-0.4, -0.2) is 32.2 Å². The van der Waals surface area contributed by atoms with Crippen molar-refractivity contribution >= 4 is 29.2 Å². The lowest BCUT2D eigenvalue weighted by molar-refractivity contribution is -0.123. The fourth-order valence-electron chi connectivity index (χ4n) is 2.42. The number of methoxy groups -OCH3 is 2. The van der Waals surface area contributed by atoms with Crippen LogP contribution in [0.1, 0.15) is 28.4 Å². The summed E-state index contributed by atoms with van der Waals surface area (Å²) in [5.41, 5.74) is 2.76. The zero-order chi connectivity index (χ0) is 20.1. The molecular weight excluding hydrogens is 370 g/mol. The number of esters is 1.